The first kappa shape index (κ1) is 23.6. The average molecular weight is 499 g/mol. The Labute approximate surface area is 208 Å². The molecule has 190 valence electrons. The zero-order valence-electron chi connectivity index (χ0n) is 20.3. The van der Waals surface area contributed by atoms with Gasteiger partial charge >= 0.3 is 6.18 Å². The molecular weight excluding hydrogens is 469 g/mol. The molecule has 2 heterocycles. The van der Waals surface area contributed by atoms with Crippen molar-refractivity contribution >= 4 is 12.0 Å². The highest BCUT2D eigenvalue weighted by molar-refractivity contribution is 5.92. The quantitative estimate of drug-likeness (QED) is 0.650. The Morgan fingerprint density at radius 2 is 1.94 bits per heavy atom. The minimum absolute atomic E-state index is 0.000256. The zero-order valence-corrected chi connectivity index (χ0v) is 20.3. The molecule has 1 N–H and O–H groups in total. The lowest BCUT2D eigenvalue weighted by Gasteiger charge is -2.64. The van der Waals surface area contributed by atoms with Gasteiger partial charge in [0.25, 0.3) is 0 Å². The van der Waals surface area contributed by atoms with E-state index in [0.29, 0.717) is 18.4 Å². The van der Waals surface area contributed by atoms with Crippen LogP contribution >= 0.6 is 0 Å². The molecule has 2 aliphatic heterocycles. The summed E-state index contributed by atoms with van der Waals surface area (Å²) in [5.74, 6) is 0.564. The number of carbonyl (C=O) groups is 1. The van der Waals surface area contributed by atoms with Gasteiger partial charge in [-0.1, -0.05) is 24.3 Å². The van der Waals surface area contributed by atoms with Crippen LogP contribution in [0.15, 0.2) is 48.5 Å². The molecule has 6 rings (SSSR count). The van der Waals surface area contributed by atoms with E-state index in [1.54, 1.807) is 11.9 Å². The third kappa shape index (κ3) is 3.13. The molecule has 0 radical (unpaired) electrons. The Morgan fingerprint density at radius 3 is 2.67 bits per heavy atom. The predicted octanol–water partition coefficient (Wildman–Crippen LogP) is 4.03. The SMILES string of the molecule is CN1CC[C@]23c4c5cccc4O[C@H]2[C@H](N(C)C(=O)C=Cc2ccc(C(F)(F)F)cc2)CC[C@@]3(O)[C@H]1C5. The lowest BCUT2D eigenvalue weighted by molar-refractivity contribution is -0.195. The highest BCUT2D eigenvalue weighted by Crippen LogP contribution is 2.64. The standard InChI is InChI=1S/C28H29F3N2O3/c1-32-15-14-26-24-18-4-3-5-21(24)36-25(26)20(12-13-27(26,35)22(32)16-18)33(2)23(34)11-8-17-6-9-19(10-7-17)28(29,30)31/h3-11,20,22,25,35H,12-16H2,1-2H3/t20-,22-,25+,26+,27-/m1/s1. The Morgan fingerprint density at radius 1 is 1.19 bits per heavy atom. The van der Waals surface area contributed by atoms with E-state index >= 15 is 0 Å². The molecule has 2 bridgehead atoms. The van der Waals surface area contributed by atoms with Gasteiger partial charge in [0.2, 0.25) is 5.91 Å². The average Bonchev–Trinajstić information content (AvgIpc) is 3.19. The smallest absolute Gasteiger partial charge is 0.416 e. The topological polar surface area (TPSA) is 53.0 Å². The minimum atomic E-state index is -4.40. The molecule has 2 aromatic rings. The van der Waals surface area contributed by atoms with E-state index in [2.05, 4.69) is 18.0 Å². The van der Waals surface area contributed by atoms with E-state index in [1.165, 1.54) is 29.8 Å². The molecule has 1 saturated carbocycles. The summed E-state index contributed by atoms with van der Waals surface area (Å²) in [6.45, 7) is 0.846. The molecule has 0 unspecified atom stereocenters. The number of nitrogens with zero attached hydrogens (tertiary/aromatic N) is 2. The molecule has 1 saturated heterocycles. The number of likely N-dealkylation sites (N-methyl/N-ethyl adjacent to an activating group) is 2. The van der Waals surface area contributed by atoms with Gasteiger partial charge in [-0.3, -0.25) is 4.79 Å². The summed E-state index contributed by atoms with van der Waals surface area (Å²) in [5, 5.41) is 12.2. The van der Waals surface area contributed by atoms with Crippen LogP contribution in [0.4, 0.5) is 13.2 Å². The Balaban J connectivity index is 1.29. The second-order valence-corrected chi connectivity index (χ2v) is 10.7. The van der Waals surface area contributed by atoms with E-state index < -0.39 is 22.8 Å². The maximum absolute atomic E-state index is 13.2. The van der Waals surface area contributed by atoms with Crippen LogP contribution in [0.2, 0.25) is 0 Å². The van der Waals surface area contributed by atoms with Crippen molar-refractivity contribution in [2.75, 3.05) is 20.6 Å². The van der Waals surface area contributed by atoms with E-state index in [9.17, 15) is 23.1 Å². The van der Waals surface area contributed by atoms with Crippen molar-refractivity contribution in [3.8, 4) is 5.75 Å². The molecule has 2 aromatic carbocycles. The third-order valence-electron chi connectivity index (χ3n) is 9.10. The molecular formula is C28H29F3N2O3. The molecule has 0 aromatic heterocycles. The van der Waals surface area contributed by atoms with Gasteiger partial charge < -0.3 is 19.6 Å². The Hall–Kier alpha value is -2.84. The van der Waals surface area contributed by atoms with E-state index in [-0.39, 0.29) is 24.1 Å². The van der Waals surface area contributed by atoms with Crippen molar-refractivity contribution in [2.45, 2.75) is 61.1 Å². The minimum Gasteiger partial charge on any atom is -0.487 e. The van der Waals surface area contributed by atoms with Gasteiger partial charge in [-0.15, -0.1) is 0 Å². The number of hydrogen-bond donors (Lipinski definition) is 1. The van der Waals surface area contributed by atoms with Crippen molar-refractivity contribution < 1.29 is 27.8 Å². The number of ether oxygens (including phenoxy) is 1. The van der Waals surface area contributed by atoms with Crippen molar-refractivity contribution in [1.82, 2.24) is 9.80 Å². The predicted molar refractivity (Wildman–Crippen MR) is 128 cm³/mol. The van der Waals surface area contributed by atoms with Crippen molar-refractivity contribution in [3.63, 3.8) is 0 Å². The van der Waals surface area contributed by atoms with Gasteiger partial charge in [-0.2, -0.15) is 13.2 Å². The van der Waals surface area contributed by atoms with Crippen LogP contribution in [0.3, 0.4) is 0 Å². The highest BCUT2D eigenvalue weighted by Gasteiger charge is 2.72. The lowest BCUT2D eigenvalue weighted by Crippen LogP contribution is -2.77. The first-order valence-electron chi connectivity index (χ1n) is 12.4. The van der Waals surface area contributed by atoms with Gasteiger partial charge in [0, 0.05) is 24.7 Å². The summed E-state index contributed by atoms with van der Waals surface area (Å²) in [4.78, 5) is 17.1. The summed E-state index contributed by atoms with van der Waals surface area (Å²) in [7, 11) is 3.82. The first-order chi connectivity index (χ1) is 17.1. The van der Waals surface area contributed by atoms with Crippen LogP contribution in [0.1, 0.15) is 41.5 Å². The van der Waals surface area contributed by atoms with Crippen LogP contribution < -0.4 is 4.74 Å². The molecule has 1 amide bonds. The zero-order chi connectivity index (χ0) is 25.5. The number of benzene rings is 2. The van der Waals surface area contributed by atoms with Crippen molar-refractivity contribution in [3.05, 3.63) is 70.8 Å². The highest BCUT2D eigenvalue weighted by atomic mass is 19.4. The maximum atomic E-state index is 13.2. The molecule has 4 aliphatic rings. The van der Waals surface area contributed by atoms with Crippen LogP contribution in [0, 0.1) is 0 Å². The van der Waals surface area contributed by atoms with Gasteiger partial charge in [-0.05, 0) is 74.7 Å². The fourth-order valence-corrected chi connectivity index (χ4v) is 7.33. The molecule has 2 fully saturated rings. The fraction of sp³-hybridized carbons (Fsp3) is 0.464. The van der Waals surface area contributed by atoms with Crippen molar-refractivity contribution in [1.29, 1.82) is 0 Å². The number of likely N-dealkylation sites (tertiary alicyclic amines) is 1. The molecule has 5 atom stereocenters. The molecule has 36 heavy (non-hydrogen) atoms. The summed E-state index contributed by atoms with van der Waals surface area (Å²) in [6, 6.07) is 10.6. The largest absolute Gasteiger partial charge is 0.487 e. The molecule has 1 spiro atoms. The van der Waals surface area contributed by atoms with Crippen molar-refractivity contribution in [2.24, 2.45) is 0 Å². The summed E-state index contributed by atoms with van der Waals surface area (Å²) in [6.07, 6.45) is 0.878. The summed E-state index contributed by atoms with van der Waals surface area (Å²) in [5.41, 5.74) is 0.629. The number of halogens is 3. The second-order valence-electron chi connectivity index (χ2n) is 10.7. The molecule has 5 nitrogen and oxygen atoms in total. The number of aliphatic hydroxyl groups is 1. The fourth-order valence-electron chi connectivity index (χ4n) is 7.33. The number of piperidine rings is 1. The van der Waals surface area contributed by atoms with E-state index in [1.807, 2.05) is 12.1 Å². The maximum Gasteiger partial charge on any atom is 0.416 e. The normalized spacial score (nSPS) is 32.8. The van der Waals surface area contributed by atoms with Crippen LogP contribution in [0.5, 0.6) is 5.75 Å². The van der Waals surface area contributed by atoms with Crippen LogP contribution in [-0.2, 0) is 22.8 Å². The second kappa shape index (κ2) is 7.83. The van der Waals surface area contributed by atoms with Crippen LogP contribution in [0.25, 0.3) is 6.08 Å². The molecule has 2 aliphatic carbocycles. The third-order valence-corrected chi connectivity index (χ3v) is 9.10. The van der Waals surface area contributed by atoms with Gasteiger partial charge in [0.15, 0.2) is 0 Å². The summed E-state index contributed by atoms with van der Waals surface area (Å²) < 4.78 is 45.1. The molecule has 8 heteroatoms. The summed E-state index contributed by atoms with van der Waals surface area (Å²) >= 11 is 0. The van der Waals surface area contributed by atoms with E-state index in [0.717, 1.165) is 42.8 Å². The number of rotatable bonds is 3. The Kier molecular flexibility index (Phi) is 5.12. The lowest BCUT2D eigenvalue weighted by atomic mass is 9.48. The van der Waals surface area contributed by atoms with Gasteiger partial charge in [-0.25, -0.2) is 0 Å². The van der Waals surface area contributed by atoms with Gasteiger partial charge in [0.05, 0.1) is 22.6 Å². The monoisotopic (exact) mass is 498 g/mol. The van der Waals surface area contributed by atoms with Gasteiger partial charge in [0.1, 0.15) is 11.9 Å². The number of amides is 1. The first-order valence-corrected chi connectivity index (χ1v) is 12.4. The number of hydrogen-bond acceptors (Lipinski definition) is 4. The van der Waals surface area contributed by atoms with Crippen LogP contribution in [-0.4, -0.2) is 65.2 Å². The number of alkyl halides is 3. The Bertz CT molecular complexity index is 1240. The number of carbonyl (C=O) groups excluding carboxylic acids is 1. The van der Waals surface area contributed by atoms with E-state index in [4.69, 9.17) is 4.74 Å².